The molecule has 0 saturated heterocycles. The van der Waals surface area contributed by atoms with E-state index in [1.54, 1.807) is 11.3 Å². The molecule has 1 aromatic carbocycles. The van der Waals surface area contributed by atoms with Crippen LogP contribution in [-0.2, 0) is 11.2 Å². The lowest BCUT2D eigenvalue weighted by atomic mass is 10.1. The summed E-state index contributed by atoms with van der Waals surface area (Å²) in [4.78, 5) is 15.6. The topological polar surface area (TPSA) is 63.2 Å². The van der Waals surface area contributed by atoms with Crippen LogP contribution in [0.3, 0.4) is 0 Å². The van der Waals surface area contributed by atoms with Gasteiger partial charge in [0.25, 0.3) is 5.91 Å². The molecular formula is C15H17N3O2S. The molecule has 3 rings (SSSR count). The fraction of sp³-hybridized carbons (Fsp3) is 0.333. The van der Waals surface area contributed by atoms with E-state index in [9.17, 15) is 4.79 Å². The number of anilines is 1. The predicted octanol–water partition coefficient (Wildman–Crippen LogP) is 2.37. The van der Waals surface area contributed by atoms with Gasteiger partial charge in [0, 0.05) is 30.6 Å². The molecule has 21 heavy (non-hydrogen) atoms. The summed E-state index contributed by atoms with van der Waals surface area (Å²) < 4.78 is 5.36. The summed E-state index contributed by atoms with van der Waals surface area (Å²) in [6.45, 7) is 3.07. The molecule has 2 N–H and O–H groups in total. The normalized spacial score (nSPS) is 15.0. The van der Waals surface area contributed by atoms with E-state index in [1.165, 1.54) is 0 Å². The molecule has 1 amide bonds. The van der Waals surface area contributed by atoms with Crippen LogP contribution >= 0.6 is 11.3 Å². The van der Waals surface area contributed by atoms with Crippen molar-refractivity contribution in [2.45, 2.75) is 19.4 Å². The molecule has 0 saturated carbocycles. The minimum Gasteiger partial charge on any atom is -0.482 e. The Bertz CT molecular complexity index is 628. The second-order valence-corrected chi connectivity index (χ2v) is 5.92. The van der Waals surface area contributed by atoms with E-state index in [0.29, 0.717) is 0 Å². The highest BCUT2D eigenvalue weighted by molar-refractivity contribution is 7.09. The summed E-state index contributed by atoms with van der Waals surface area (Å²) in [5.74, 6) is 0.623. The number of ether oxygens (including phenoxy) is 1. The fourth-order valence-electron chi connectivity index (χ4n) is 2.26. The van der Waals surface area contributed by atoms with Crippen molar-refractivity contribution in [3.63, 3.8) is 0 Å². The van der Waals surface area contributed by atoms with Gasteiger partial charge < -0.3 is 15.4 Å². The van der Waals surface area contributed by atoms with Crippen LogP contribution in [0.5, 0.6) is 5.75 Å². The molecular weight excluding hydrogens is 286 g/mol. The van der Waals surface area contributed by atoms with E-state index in [1.807, 2.05) is 29.8 Å². The number of rotatable bonds is 5. The lowest BCUT2D eigenvalue weighted by molar-refractivity contribution is -0.118. The molecule has 6 heteroatoms. The van der Waals surface area contributed by atoms with E-state index in [4.69, 9.17) is 4.74 Å². The second-order valence-electron chi connectivity index (χ2n) is 4.94. The molecule has 2 heterocycles. The number of thiazole rings is 1. The first-order valence-corrected chi connectivity index (χ1v) is 7.78. The molecule has 2 aromatic rings. The fourth-order valence-corrected chi connectivity index (χ4v) is 2.88. The number of fused-ring (bicyclic) bond motifs is 1. The zero-order chi connectivity index (χ0) is 14.7. The van der Waals surface area contributed by atoms with Crippen molar-refractivity contribution in [1.82, 2.24) is 10.3 Å². The van der Waals surface area contributed by atoms with Gasteiger partial charge >= 0.3 is 0 Å². The van der Waals surface area contributed by atoms with Gasteiger partial charge in [-0.2, -0.15) is 0 Å². The monoisotopic (exact) mass is 303 g/mol. The maximum atomic E-state index is 11.4. The van der Waals surface area contributed by atoms with Crippen LogP contribution in [0.25, 0.3) is 0 Å². The van der Waals surface area contributed by atoms with Gasteiger partial charge in [-0.25, -0.2) is 4.98 Å². The van der Waals surface area contributed by atoms with E-state index >= 15 is 0 Å². The lowest BCUT2D eigenvalue weighted by Gasteiger charge is -2.20. The number of amides is 1. The SMILES string of the molecule is CC(NCCc1nccs1)c1ccc2c(c1)NC(=O)CO2. The minimum atomic E-state index is -0.107. The molecule has 1 aromatic heterocycles. The molecule has 0 bridgehead atoms. The van der Waals surface area contributed by atoms with Gasteiger partial charge in [0.2, 0.25) is 0 Å². The Kier molecular flexibility index (Phi) is 4.17. The summed E-state index contributed by atoms with van der Waals surface area (Å²) in [6, 6.07) is 6.10. The van der Waals surface area contributed by atoms with Crippen molar-refractivity contribution < 1.29 is 9.53 Å². The summed E-state index contributed by atoms with van der Waals surface area (Å²) in [5, 5.41) is 9.43. The number of nitrogens with zero attached hydrogens (tertiary/aromatic N) is 1. The average Bonchev–Trinajstić information content (AvgIpc) is 2.99. The average molecular weight is 303 g/mol. The van der Waals surface area contributed by atoms with Crippen molar-refractivity contribution in [2.24, 2.45) is 0 Å². The van der Waals surface area contributed by atoms with Crippen LogP contribution < -0.4 is 15.4 Å². The summed E-state index contributed by atoms with van der Waals surface area (Å²) in [6.07, 6.45) is 2.75. The number of aromatic nitrogens is 1. The van der Waals surface area contributed by atoms with Gasteiger partial charge in [0.1, 0.15) is 5.75 Å². The molecule has 1 aliphatic heterocycles. The van der Waals surface area contributed by atoms with Gasteiger partial charge in [-0.15, -0.1) is 11.3 Å². The Morgan fingerprint density at radius 3 is 3.24 bits per heavy atom. The lowest BCUT2D eigenvalue weighted by Crippen LogP contribution is -2.26. The highest BCUT2D eigenvalue weighted by Crippen LogP contribution is 2.30. The van der Waals surface area contributed by atoms with E-state index in [0.717, 1.165) is 35.0 Å². The molecule has 110 valence electrons. The zero-order valence-electron chi connectivity index (χ0n) is 11.8. The summed E-state index contributed by atoms with van der Waals surface area (Å²) >= 11 is 1.67. The van der Waals surface area contributed by atoms with Crippen LogP contribution in [0.2, 0.25) is 0 Å². The zero-order valence-corrected chi connectivity index (χ0v) is 12.6. The third kappa shape index (κ3) is 3.40. The maximum absolute atomic E-state index is 11.4. The van der Waals surface area contributed by atoms with Crippen molar-refractivity contribution in [3.8, 4) is 5.75 Å². The molecule has 0 fully saturated rings. The Labute approximate surface area is 127 Å². The highest BCUT2D eigenvalue weighted by atomic mass is 32.1. The van der Waals surface area contributed by atoms with Crippen LogP contribution in [0.15, 0.2) is 29.8 Å². The first kappa shape index (κ1) is 14.0. The van der Waals surface area contributed by atoms with E-state index in [2.05, 4.69) is 22.5 Å². The second kappa shape index (κ2) is 6.24. The summed E-state index contributed by atoms with van der Waals surface area (Å²) in [7, 11) is 0. The molecule has 1 atom stereocenters. The summed E-state index contributed by atoms with van der Waals surface area (Å²) in [5.41, 5.74) is 1.87. The number of hydrogen-bond donors (Lipinski definition) is 2. The molecule has 1 aliphatic rings. The Morgan fingerprint density at radius 2 is 2.43 bits per heavy atom. The third-order valence-electron chi connectivity index (χ3n) is 3.41. The van der Waals surface area contributed by atoms with Gasteiger partial charge in [-0.1, -0.05) is 6.07 Å². The number of carbonyl (C=O) groups excluding carboxylic acids is 1. The van der Waals surface area contributed by atoms with Gasteiger partial charge in [0.05, 0.1) is 10.7 Å². The number of carbonyl (C=O) groups is 1. The van der Waals surface area contributed by atoms with E-state index in [-0.39, 0.29) is 18.6 Å². The number of nitrogens with one attached hydrogen (secondary N) is 2. The largest absolute Gasteiger partial charge is 0.482 e. The van der Waals surface area contributed by atoms with Gasteiger partial charge in [0.15, 0.2) is 6.61 Å². The Balaban J connectivity index is 1.60. The maximum Gasteiger partial charge on any atom is 0.262 e. The smallest absolute Gasteiger partial charge is 0.262 e. The molecule has 5 nitrogen and oxygen atoms in total. The van der Waals surface area contributed by atoms with Crippen LogP contribution in [0.4, 0.5) is 5.69 Å². The van der Waals surface area contributed by atoms with E-state index < -0.39 is 0 Å². The third-order valence-corrected chi connectivity index (χ3v) is 4.25. The first-order chi connectivity index (χ1) is 10.2. The predicted molar refractivity (Wildman–Crippen MR) is 82.8 cm³/mol. The molecule has 0 aliphatic carbocycles. The Hall–Kier alpha value is -1.92. The highest BCUT2D eigenvalue weighted by Gasteiger charge is 2.17. The van der Waals surface area contributed by atoms with Crippen molar-refractivity contribution in [3.05, 3.63) is 40.3 Å². The minimum absolute atomic E-state index is 0.0912. The van der Waals surface area contributed by atoms with Crippen molar-refractivity contribution in [1.29, 1.82) is 0 Å². The van der Waals surface area contributed by atoms with Gasteiger partial charge in [-0.3, -0.25) is 4.79 Å². The van der Waals surface area contributed by atoms with Crippen molar-refractivity contribution >= 4 is 22.9 Å². The standard InChI is InChI=1S/C15H17N3O2S/c1-10(16-5-4-15-17-6-7-21-15)11-2-3-13-12(8-11)18-14(19)9-20-13/h2-3,6-8,10,16H,4-5,9H2,1H3,(H,18,19). The number of benzene rings is 1. The quantitative estimate of drug-likeness (QED) is 0.890. The Morgan fingerprint density at radius 1 is 1.52 bits per heavy atom. The number of hydrogen-bond acceptors (Lipinski definition) is 5. The van der Waals surface area contributed by atoms with Crippen LogP contribution in [-0.4, -0.2) is 24.0 Å². The van der Waals surface area contributed by atoms with Crippen LogP contribution in [0.1, 0.15) is 23.5 Å². The van der Waals surface area contributed by atoms with Crippen LogP contribution in [0, 0.1) is 0 Å². The molecule has 0 radical (unpaired) electrons. The van der Waals surface area contributed by atoms with Gasteiger partial charge in [-0.05, 0) is 24.6 Å². The van der Waals surface area contributed by atoms with Crippen molar-refractivity contribution in [2.75, 3.05) is 18.5 Å². The molecule has 0 spiro atoms. The first-order valence-electron chi connectivity index (χ1n) is 6.91. The molecule has 1 unspecified atom stereocenters.